The van der Waals surface area contributed by atoms with Gasteiger partial charge in [-0.05, 0) is 25.1 Å². The lowest BCUT2D eigenvalue weighted by Gasteiger charge is -1.98. The first-order chi connectivity index (χ1) is 7.99. The summed E-state index contributed by atoms with van der Waals surface area (Å²) in [6.07, 6.45) is 0. The Kier molecular flexibility index (Phi) is 3.26. The molecule has 1 aromatic heterocycles. The number of carbonyl (C=O) groups is 1. The minimum atomic E-state index is -0.429. The average molecular weight is 270 g/mol. The van der Waals surface area contributed by atoms with E-state index in [2.05, 4.69) is 4.98 Å². The van der Waals surface area contributed by atoms with Crippen molar-refractivity contribution in [2.24, 2.45) is 0 Å². The summed E-state index contributed by atoms with van der Waals surface area (Å²) in [6, 6.07) is 4.41. The molecular weight excluding hydrogens is 261 g/mol. The minimum Gasteiger partial charge on any atom is -0.294 e. The van der Waals surface area contributed by atoms with Crippen LogP contribution in [0.1, 0.15) is 22.3 Å². The van der Waals surface area contributed by atoms with E-state index in [-0.39, 0.29) is 5.78 Å². The van der Waals surface area contributed by atoms with Gasteiger partial charge in [-0.2, -0.15) is 0 Å². The Hall–Kier alpha value is -1.26. The van der Waals surface area contributed by atoms with Crippen molar-refractivity contribution in [3.8, 4) is 10.6 Å². The third-order valence-electron chi connectivity index (χ3n) is 2.28. The Morgan fingerprint density at radius 2 is 2.18 bits per heavy atom. The number of benzene rings is 1. The molecule has 0 aliphatic rings. The Morgan fingerprint density at radius 1 is 1.47 bits per heavy atom. The van der Waals surface area contributed by atoms with Crippen molar-refractivity contribution < 1.29 is 9.18 Å². The van der Waals surface area contributed by atoms with Crippen LogP contribution >= 0.6 is 22.9 Å². The monoisotopic (exact) mass is 269 g/mol. The van der Waals surface area contributed by atoms with Gasteiger partial charge in [0.2, 0.25) is 0 Å². The van der Waals surface area contributed by atoms with Gasteiger partial charge in [0.05, 0.1) is 10.6 Å². The zero-order valence-corrected chi connectivity index (χ0v) is 10.8. The summed E-state index contributed by atoms with van der Waals surface area (Å²) in [6.45, 7) is 3.22. The molecule has 0 spiro atoms. The largest absolute Gasteiger partial charge is 0.294 e. The smallest absolute Gasteiger partial charge is 0.171 e. The van der Waals surface area contributed by atoms with Crippen molar-refractivity contribution in [1.29, 1.82) is 0 Å². The predicted molar refractivity (Wildman–Crippen MR) is 67.3 cm³/mol. The number of thiazole rings is 1. The summed E-state index contributed by atoms with van der Waals surface area (Å²) >= 11 is 6.88. The molecule has 0 amide bonds. The first-order valence-corrected chi connectivity index (χ1v) is 6.12. The lowest BCUT2D eigenvalue weighted by molar-refractivity contribution is 0.102. The van der Waals surface area contributed by atoms with Crippen LogP contribution in [-0.4, -0.2) is 10.8 Å². The zero-order valence-electron chi connectivity index (χ0n) is 9.25. The third kappa shape index (κ3) is 2.37. The molecule has 5 heteroatoms. The Morgan fingerprint density at radius 3 is 2.71 bits per heavy atom. The maximum absolute atomic E-state index is 13.7. The van der Waals surface area contributed by atoms with Gasteiger partial charge in [-0.15, -0.1) is 11.3 Å². The average Bonchev–Trinajstić information content (AvgIpc) is 2.60. The zero-order chi connectivity index (χ0) is 12.6. The molecule has 0 saturated heterocycles. The molecule has 0 bridgehead atoms. The second-order valence-electron chi connectivity index (χ2n) is 3.61. The summed E-state index contributed by atoms with van der Waals surface area (Å²) in [4.78, 5) is 16.1. The summed E-state index contributed by atoms with van der Waals surface area (Å²) in [5.41, 5.74) is 1.00. The molecule has 0 radical (unpaired) electrons. The van der Waals surface area contributed by atoms with Gasteiger partial charge in [0.1, 0.15) is 10.8 Å². The highest BCUT2D eigenvalue weighted by Crippen LogP contribution is 2.31. The van der Waals surface area contributed by atoms with Crippen LogP contribution in [0.3, 0.4) is 0 Å². The van der Waals surface area contributed by atoms with E-state index in [1.165, 1.54) is 24.3 Å². The topological polar surface area (TPSA) is 30.0 Å². The number of aryl methyl sites for hydroxylation is 1. The molecule has 2 nitrogen and oxygen atoms in total. The number of rotatable bonds is 2. The minimum absolute atomic E-state index is 0.0550. The molecule has 1 heterocycles. The Labute approximate surface area is 107 Å². The van der Waals surface area contributed by atoms with E-state index in [0.717, 1.165) is 0 Å². The van der Waals surface area contributed by atoms with Gasteiger partial charge in [0.25, 0.3) is 0 Å². The number of Topliss-reactive ketones (excluding diaryl/α,β-unsaturated/α-hetero) is 1. The molecule has 0 N–H and O–H groups in total. The molecule has 88 valence electrons. The van der Waals surface area contributed by atoms with Crippen LogP contribution < -0.4 is 0 Å². The van der Waals surface area contributed by atoms with E-state index in [9.17, 15) is 9.18 Å². The molecule has 0 aliphatic heterocycles. The number of halogens is 2. The standard InChI is InChI=1S/C12H9ClFNOS/c1-6-11(7(2)16)17-12(15-6)9-4-3-8(13)5-10(9)14/h3-5H,1-2H3. The fraction of sp³-hybridized carbons (Fsp3) is 0.167. The van der Waals surface area contributed by atoms with Gasteiger partial charge < -0.3 is 0 Å². The lowest BCUT2D eigenvalue weighted by Crippen LogP contribution is -1.89. The predicted octanol–water partition coefficient (Wildman–Crippen LogP) is 4.11. The van der Waals surface area contributed by atoms with Crippen molar-refractivity contribution in [2.45, 2.75) is 13.8 Å². The van der Waals surface area contributed by atoms with Crippen LogP contribution in [0.4, 0.5) is 4.39 Å². The Bertz CT molecular complexity index is 594. The van der Waals surface area contributed by atoms with Crippen molar-refractivity contribution in [3.63, 3.8) is 0 Å². The van der Waals surface area contributed by atoms with Crippen molar-refractivity contribution in [3.05, 3.63) is 39.6 Å². The number of aromatic nitrogens is 1. The van der Waals surface area contributed by atoms with Gasteiger partial charge in [0, 0.05) is 17.5 Å². The number of nitrogens with zero attached hydrogens (tertiary/aromatic N) is 1. The highest BCUT2D eigenvalue weighted by Gasteiger charge is 2.15. The van der Waals surface area contributed by atoms with Crippen LogP contribution in [0.2, 0.25) is 5.02 Å². The third-order valence-corrected chi connectivity index (χ3v) is 3.80. The fourth-order valence-corrected chi connectivity index (χ4v) is 2.65. The van der Waals surface area contributed by atoms with E-state index in [1.807, 2.05) is 0 Å². The van der Waals surface area contributed by atoms with Crippen LogP contribution in [0.15, 0.2) is 18.2 Å². The van der Waals surface area contributed by atoms with Gasteiger partial charge in [-0.3, -0.25) is 4.79 Å². The quantitative estimate of drug-likeness (QED) is 0.768. The van der Waals surface area contributed by atoms with Gasteiger partial charge in [-0.1, -0.05) is 11.6 Å². The van der Waals surface area contributed by atoms with Crippen LogP contribution in [0, 0.1) is 12.7 Å². The summed E-state index contributed by atoms with van der Waals surface area (Å²) in [5.74, 6) is -0.484. The number of hydrogen-bond donors (Lipinski definition) is 0. The van der Waals surface area contributed by atoms with Crippen molar-refractivity contribution in [2.75, 3.05) is 0 Å². The number of carbonyl (C=O) groups excluding carboxylic acids is 1. The molecule has 2 aromatic rings. The summed E-state index contributed by atoms with van der Waals surface area (Å²) in [5, 5.41) is 0.841. The van der Waals surface area contributed by atoms with E-state index in [1.54, 1.807) is 19.1 Å². The molecule has 0 aliphatic carbocycles. The van der Waals surface area contributed by atoms with E-state index in [0.29, 0.717) is 26.2 Å². The molecular formula is C12H9ClFNOS. The van der Waals surface area contributed by atoms with Crippen molar-refractivity contribution >= 4 is 28.7 Å². The molecule has 0 fully saturated rings. The van der Waals surface area contributed by atoms with Crippen LogP contribution in [0.25, 0.3) is 10.6 Å². The molecule has 0 unspecified atom stereocenters. The number of ketones is 1. The Balaban J connectivity index is 2.53. The van der Waals surface area contributed by atoms with Gasteiger partial charge >= 0.3 is 0 Å². The normalized spacial score (nSPS) is 10.6. The molecule has 17 heavy (non-hydrogen) atoms. The SMILES string of the molecule is CC(=O)c1sc(-c2ccc(Cl)cc2F)nc1C. The highest BCUT2D eigenvalue weighted by atomic mass is 35.5. The van der Waals surface area contributed by atoms with Gasteiger partial charge in [-0.25, -0.2) is 9.37 Å². The first kappa shape index (κ1) is 12.2. The molecule has 2 rings (SSSR count). The maximum atomic E-state index is 13.7. The second-order valence-corrected chi connectivity index (χ2v) is 5.05. The maximum Gasteiger partial charge on any atom is 0.171 e. The van der Waals surface area contributed by atoms with Crippen LogP contribution in [-0.2, 0) is 0 Å². The summed E-state index contributed by atoms with van der Waals surface area (Å²) in [7, 11) is 0. The van der Waals surface area contributed by atoms with E-state index >= 15 is 0 Å². The molecule has 0 atom stereocenters. The molecule has 0 saturated carbocycles. The highest BCUT2D eigenvalue weighted by molar-refractivity contribution is 7.17. The fourth-order valence-electron chi connectivity index (χ4n) is 1.50. The van der Waals surface area contributed by atoms with Crippen molar-refractivity contribution in [1.82, 2.24) is 4.98 Å². The van der Waals surface area contributed by atoms with Crippen LogP contribution in [0.5, 0.6) is 0 Å². The van der Waals surface area contributed by atoms with E-state index in [4.69, 9.17) is 11.6 Å². The summed E-state index contributed by atoms with van der Waals surface area (Å²) < 4.78 is 13.7. The second kappa shape index (κ2) is 4.55. The van der Waals surface area contributed by atoms with Gasteiger partial charge in [0.15, 0.2) is 5.78 Å². The lowest BCUT2D eigenvalue weighted by atomic mass is 10.2. The first-order valence-electron chi connectivity index (χ1n) is 4.93. The molecule has 1 aromatic carbocycles. The van der Waals surface area contributed by atoms with E-state index < -0.39 is 5.82 Å². The number of hydrogen-bond acceptors (Lipinski definition) is 3.